The van der Waals surface area contributed by atoms with Gasteiger partial charge in [-0.3, -0.25) is 0 Å². The number of halogens is 2. The van der Waals surface area contributed by atoms with Crippen molar-refractivity contribution < 1.29 is 13.2 Å². The topological polar surface area (TPSA) is 67.8 Å². The predicted octanol–water partition coefficient (Wildman–Crippen LogP) is 4.87. The summed E-state index contributed by atoms with van der Waals surface area (Å²) in [5.41, 5.74) is 0.739. The number of hydrogen-bond acceptors (Lipinski definition) is 4. The van der Waals surface area contributed by atoms with Crippen LogP contribution in [0.25, 0.3) is 0 Å². The van der Waals surface area contributed by atoms with Crippen LogP contribution in [0.3, 0.4) is 0 Å². The van der Waals surface area contributed by atoms with E-state index in [1.54, 1.807) is 12.1 Å². The van der Waals surface area contributed by atoms with E-state index in [0.29, 0.717) is 6.61 Å². The van der Waals surface area contributed by atoms with Crippen molar-refractivity contribution in [3.05, 3.63) is 58.1 Å². The molecular weight excluding hydrogens is 395 g/mol. The number of hydrazone groups is 1. The van der Waals surface area contributed by atoms with Gasteiger partial charge in [-0.25, -0.2) is 4.83 Å². The maximum absolute atomic E-state index is 12.2. The molecule has 1 N–H and O–H groups in total. The molecule has 0 saturated heterocycles. The molecule has 0 unspecified atom stereocenters. The summed E-state index contributed by atoms with van der Waals surface area (Å²) in [6.07, 6.45) is 4.73. The Morgan fingerprint density at radius 2 is 1.81 bits per heavy atom. The van der Waals surface area contributed by atoms with Crippen LogP contribution >= 0.6 is 23.2 Å². The van der Waals surface area contributed by atoms with Gasteiger partial charge in [0.15, 0.2) is 0 Å². The maximum Gasteiger partial charge on any atom is 0.276 e. The van der Waals surface area contributed by atoms with Crippen molar-refractivity contribution >= 4 is 39.4 Å². The molecule has 0 amide bonds. The maximum atomic E-state index is 12.2. The van der Waals surface area contributed by atoms with Gasteiger partial charge in [0.05, 0.1) is 27.8 Å². The molecule has 0 radical (unpaired) electrons. The van der Waals surface area contributed by atoms with Crippen LogP contribution in [0.2, 0.25) is 10.0 Å². The smallest absolute Gasteiger partial charge is 0.276 e. The van der Waals surface area contributed by atoms with Crippen LogP contribution in [0, 0.1) is 0 Å². The third-order valence-electron chi connectivity index (χ3n) is 3.48. The SMILES string of the molecule is CCCCCOc1ccc(/C=N/NS(=O)(=O)c2ccc(Cl)c(Cl)c2)cc1. The Balaban J connectivity index is 1.93. The molecule has 0 aliphatic heterocycles. The molecule has 140 valence electrons. The van der Waals surface area contributed by atoms with Crippen LogP contribution in [0.1, 0.15) is 31.7 Å². The Kier molecular flexibility index (Phi) is 7.75. The van der Waals surface area contributed by atoms with Gasteiger partial charge in [0.2, 0.25) is 0 Å². The lowest BCUT2D eigenvalue weighted by molar-refractivity contribution is 0.306. The molecule has 0 saturated carbocycles. The first-order chi connectivity index (χ1) is 12.4. The number of sulfonamides is 1. The molecule has 0 atom stereocenters. The summed E-state index contributed by atoms with van der Waals surface area (Å²) < 4.78 is 30.0. The van der Waals surface area contributed by atoms with E-state index in [4.69, 9.17) is 27.9 Å². The lowest BCUT2D eigenvalue weighted by Gasteiger charge is -2.06. The fourth-order valence-electron chi connectivity index (χ4n) is 2.06. The van der Waals surface area contributed by atoms with E-state index in [2.05, 4.69) is 16.9 Å². The number of nitrogens with zero attached hydrogens (tertiary/aromatic N) is 1. The van der Waals surface area contributed by atoms with Crippen molar-refractivity contribution in [1.29, 1.82) is 0 Å². The highest BCUT2D eigenvalue weighted by Crippen LogP contribution is 2.24. The van der Waals surface area contributed by atoms with E-state index < -0.39 is 10.0 Å². The molecule has 8 heteroatoms. The first-order valence-electron chi connectivity index (χ1n) is 8.15. The first-order valence-corrected chi connectivity index (χ1v) is 10.4. The van der Waals surface area contributed by atoms with Gasteiger partial charge in [-0.1, -0.05) is 43.0 Å². The molecule has 2 aromatic rings. The van der Waals surface area contributed by atoms with Gasteiger partial charge in [0, 0.05) is 0 Å². The minimum absolute atomic E-state index is 0.0140. The Morgan fingerprint density at radius 1 is 1.08 bits per heavy atom. The quantitative estimate of drug-likeness (QED) is 0.361. The van der Waals surface area contributed by atoms with E-state index in [9.17, 15) is 8.42 Å². The third kappa shape index (κ3) is 6.20. The van der Waals surface area contributed by atoms with Crippen molar-refractivity contribution in [3.8, 4) is 5.75 Å². The Labute approximate surface area is 164 Å². The van der Waals surface area contributed by atoms with E-state index in [1.807, 2.05) is 12.1 Å². The summed E-state index contributed by atoms with van der Waals surface area (Å²) in [5.74, 6) is 0.773. The zero-order valence-corrected chi connectivity index (χ0v) is 16.6. The van der Waals surface area contributed by atoms with E-state index in [-0.39, 0.29) is 14.9 Å². The standard InChI is InChI=1S/C18H20Cl2N2O3S/c1-2-3-4-11-25-15-7-5-14(6-8-15)13-21-22-26(23,24)16-9-10-17(19)18(20)12-16/h5-10,12-13,22H,2-4,11H2,1H3/b21-13+. The molecule has 0 aliphatic carbocycles. The second kappa shape index (κ2) is 9.80. The Bertz CT molecular complexity index is 853. The van der Waals surface area contributed by atoms with Gasteiger partial charge in [-0.05, 0) is 54.4 Å². The van der Waals surface area contributed by atoms with Crippen molar-refractivity contribution in [2.45, 2.75) is 31.1 Å². The molecular formula is C18H20Cl2N2O3S. The average Bonchev–Trinajstić information content (AvgIpc) is 2.62. The molecule has 5 nitrogen and oxygen atoms in total. The second-order valence-electron chi connectivity index (χ2n) is 5.55. The fourth-order valence-corrected chi connectivity index (χ4v) is 3.24. The molecule has 0 aromatic heterocycles. The van der Waals surface area contributed by atoms with Gasteiger partial charge in [0.25, 0.3) is 10.0 Å². The zero-order valence-electron chi connectivity index (χ0n) is 14.3. The minimum Gasteiger partial charge on any atom is -0.494 e. The molecule has 0 spiro atoms. The van der Waals surface area contributed by atoms with Crippen molar-refractivity contribution in [2.75, 3.05) is 6.61 Å². The van der Waals surface area contributed by atoms with Crippen LogP contribution < -0.4 is 9.57 Å². The summed E-state index contributed by atoms with van der Waals surface area (Å²) >= 11 is 11.6. The molecule has 0 fully saturated rings. The highest BCUT2D eigenvalue weighted by molar-refractivity contribution is 7.89. The van der Waals surface area contributed by atoms with Gasteiger partial charge in [-0.15, -0.1) is 0 Å². The molecule has 2 aromatic carbocycles. The lowest BCUT2D eigenvalue weighted by Crippen LogP contribution is -2.18. The van der Waals surface area contributed by atoms with Crippen LogP contribution in [0.5, 0.6) is 5.75 Å². The summed E-state index contributed by atoms with van der Waals surface area (Å²) in [6, 6.07) is 11.3. The highest BCUT2D eigenvalue weighted by atomic mass is 35.5. The minimum atomic E-state index is -3.81. The summed E-state index contributed by atoms with van der Waals surface area (Å²) in [6.45, 7) is 2.83. The fraction of sp³-hybridized carbons (Fsp3) is 0.278. The normalized spacial score (nSPS) is 11.7. The van der Waals surface area contributed by atoms with Gasteiger partial charge in [0.1, 0.15) is 5.75 Å². The van der Waals surface area contributed by atoms with E-state index in [0.717, 1.165) is 30.6 Å². The van der Waals surface area contributed by atoms with Gasteiger partial charge < -0.3 is 4.74 Å². The van der Waals surface area contributed by atoms with Crippen LogP contribution in [0.4, 0.5) is 0 Å². The highest BCUT2D eigenvalue weighted by Gasteiger charge is 2.14. The first kappa shape index (κ1) is 20.6. The predicted molar refractivity (Wildman–Crippen MR) is 106 cm³/mol. The average molecular weight is 415 g/mol. The monoisotopic (exact) mass is 414 g/mol. The van der Waals surface area contributed by atoms with Crippen LogP contribution in [-0.2, 0) is 10.0 Å². The van der Waals surface area contributed by atoms with Gasteiger partial charge >= 0.3 is 0 Å². The van der Waals surface area contributed by atoms with Crippen LogP contribution in [0.15, 0.2) is 52.5 Å². The lowest BCUT2D eigenvalue weighted by atomic mass is 10.2. The Hall–Kier alpha value is -1.76. The number of rotatable bonds is 9. The molecule has 0 heterocycles. The van der Waals surface area contributed by atoms with Gasteiger partial charge in [-0.2, -0.15) is 13.5 Å². The van der Waals surface area contributed by atoms with Crippen molar-refractivity contribution in [1.82, 2.24) is 4.83 Å². The van der Waals surface area contributed by atoms with E-state index >= 15 is 0 Å². The van der Waals surface area contributed by atoms with Crippen LogP contribution in [-0.4, -0.2) is 21.2 Å². The number of nitrogens with one attached hydrogen (secondary N) is 1. The summed E-state index contributed by atoms with van der Waals surface area (Å²) in [5, 5.41) is 4.22. The largest absolute Gasteiger partial charge is 0.494 e. The third-order valence-corrected chi connectivity index (χ3v) is 5.44. The summed E-state index contributed by atoms with van der Waals surface area (Å²) in [4.78, 5) is 2.13. The molecule has 2 rings (SSSR count). The van der Waals surface area contributed by atoms with E-state index in [1.165, 1.54) is 24.4 Å². The second-order valence-corrected chi connectivity index (χ2v) is 8.03. The number of benzene rings is 2. The van der Waals surface area contributed by atoms with Crippen molar-refractivity contribution in [3.63, 3.8) is 0 Å². The van der Waals surface area contributed by atoms with Crippen molar-refractivity contribution in [2.24, 2.45) is 5.10 Å². The molecule has 0 aliphatic rings. The number of unbranched alkanes of at least 4 members (excludes halogenated alkanes) is 2. The number of ether oxygens (including phenoxy) is 1. The molecule has 0 bridgehead atoms. The summed E-state index contributed by atoms with van der Waals surface area (Å²) in [7, 11) is -3.81. The molecule has 26 heavy (non-hydrogen) atoms. The number of hydrogen-bond donors (Lipinski definition) is 1. The Morgan fingerprint density at radius 3 is 2.46 bits per heavy atom. The zero-order chi connectivity index (χ0) is 19.0.